The van der Waals surface area contributed by atoms with Crippen LogP contribution in [-0.4, -0.2) is 42.0 Å². The van der Waals surface area contributed by atoms with Crippen LogP contribution >= 0.6 is 12.4 Å². The minimum atomic E-state index is -4.38. The van der Waals surface area contributed by atoms with Crippen LogP contribution in [0, 0.1) is 0 Å². The summed E-state index contributed by atoms with van der Waals surface area (Å²) in [4.78, 5) is 18.8. The highest BCUT2D eigenvalue weighted by molar-refractivity contribution is 5.88. The van der Waals surface area contributed by atoms with Crippen molar-refractivity contribution in [3.8, 4) is 16.9 Å². The summed E-state index contributed by atoms with van der Waals surface area (Å²) in [7, 11) is 3.31. The van der Waals surface area contributed by atoms with Gasteiger partial charge in [-0.1, -0.05) is 12.1 Å². The first kappa shape index (κ1) is 22.4. The lowest BCUT2D eigenvalue weighted by Gasteiger charge is -2.23. The van der Waals surface area contributed by atoms with Crippen LogP contribution < -0.4 is 10.1 Å². The quantitative estimate of drug-likeness (QED) is 0.774. The number of hydrogen-bond acceptors (Lipinski definition) is 4. The predicted octanol–water partition coefficient (Wildman–Crippen LogP) is 4.22. The summed E-state index contributed by atoms with van der Waals surface area (Å²) >= 11 is 0. The molecule has 1 aromatic heterocycles. The zero-order valence-electron chi connectivity index (χ0n) is 16.6. The van der Waals surface area contributed by atoms with Gasteiger partial charge in [-0.3, -0.25) is 15.1 Å². The lowest BCUT2D eigenvalue weighted by atomic mass is 9.96. The average Bonchev–Trinajstić information content (AvgIpc) is 3.27. The Morgan fingerprint density at radius 3 is 2.50 bits per heavy atom. The molecule has 2 fully saturated rings. The van der Waals surface area contributed by atoms with E-state index in [9.17, 15) is 18.0 Å². The molecule has 4 rings (SSSR count). The second-order valence-corrected chi connectivity index (χ2v) is 7.68. The Bertz CT molecular complexity index is 936. The number of methoxy groups -OCH3 is 1. The number of carbonyl (C=O) groups is 1. The number of aromatic nitrogens is 1. The van der Waals surface area contributed by atoms with Crippen molar-refractivity contribution >= 4 is 18.3 Å². The number of nitrogens with zero attached hydrogens (tertiary/aromatic N) is 2. The molecule has 0 unspecified atom stereocenters. The van der Waals surface area contributed by atoms with E-state index >= 15 is 0 Å². The Morgan fingerprint density at radius 2 is 1.93 bits per heavy atom. The normalized spacial score (nSPS) is 23.7. The van der Waals surface area contributed by atoms with E-state index in [2.05, 4.69) is 10.3 Å². The molecule has 0 radical (unpaired) electrons. The first-order valence-corrected chi connectivity index (χ1v) is 9.48. The number of amides is 1. The van der Waals surface area contributed by atoms with Crippen molar-refractivity contribution in [2.45, 2.75) is 37.0 Å². The van der Waals surface area contributed by atoms with Gasteiger partial charge in [0.25, 0.3) is 0 Å². The molecule has 0 saturated carbocycles. The van der Waals surface area contributed by atoms with Crippen LogP contribution in [0.1, 0.15) is 36.6 Å². The molecule has 1 spiro atoms. The van der Waals surface area contributed by atoms with Gasteiger partial charge in [0.2, 0.25) is 5.91 Å². The maximum absolute atomic E-state index is 12.9. The number of nitrogens with one attached hydrogen (secondary N) is 1. The number of benzene rings is 1. The van der Waals surface area contributed by atoms with Crippen molar-refractivity contribution in [1.82, 2.24) is 15.2 Å². The number of likely N-dealkylation sites (tertiary alicyclic amines) is 1. The molecule has 5 nitrogen and oxygen atoms in total. The Balaban J connectivity index is 0.00000256. The van der Waals surface area contributed by atoms with Crippen LogP contribution in [-0.2, 0) is 11.0 Å². The summed E-state index contributed by atoms with van der Waals surface area (Å²) in [6.07, 6.45) is -0.525. The molecule has 0 bridgehead atoms. The smallest absolute Gasteiger partial charge is 0.416 e. The van der Waals surface area contributed by atoms with E-state index in [1.165, 1.54) is 19.2 Å². The molecule has 1 N–H and O–H groups in total. The van der Waals surface area contributed by atoms with Crippen LogP contribution in [0.2, 0.25) is 0 Å². The molecule has 0 aliphatic carbocycles. The molecule has 1 aromatic carbocycles. The van der Waals surface area contributed by atoms with Crippen LogP contribution in [0.15, 0.2) is 36.5 Å². The highest BCUT2D eigenvalue weighted by atomic mass is 35.5. The molecular formula is C21H23ClF3N3O2. The molecule has 2 aliphatic heterocycles. The second-order valence-electron chi connectivity index (χ2n) is 7.68. The van der Waals surface area contributed by atoms with Gasteiger partial charge >= 0.3 is 6.18 Å². The van der Waals surface area contributed by atoms with E-state index in [1.807, 2.05) is 6.07 Å². The third kappa shape index (κ3) is 3.86. The largest absolute Gasteiger partial charge is 0.494 e. The van der Waals surface area contributed by atoms with E-state index in [4.69, 9.17) is 4.74 Å². The maximum atomic E-state index is 12.9. The van der Waals surface area contributed by atoms with Crippen LogP contribution in [0.4, 0.5) is 13.2 Å². The molecule has 2 aliphatic rings. The van der Waals surface area contributed by atoms with Crippen molar-refractivity contribution in [2.24, 2.45) is 0 Å². The summed E-state index contributed by atoms with van der Waals surface area (Å²) < 4.78 is 44.0. The maximum Gasteiger partial charge on any atom is 0.416 e. The lowest BCUT2D eigenvalue weighted by Crippen LogP contribution is -2.47. The standard InChI is InChI=1S/C21H22F3N3O2.ClH/c1-27-10-9-20(19(27)28)8-7-16(26-20)17-11-15(18(29-2)12-25-17)13-3-5-14(6-4-13)21(22,23)24;/h3-6,11-12,16,26H,7-10H2,1-2H3;1H/t16-,20-;/m1./s1. The third-order valence-corrected chi connectivity index (χ3v) is 5.93. The van der Waals surface area contributed by atoms with Gasteiger partial charge in [0.1, 0.15) is 11.3 Å². The number of rotatable bonds is 3. The topological polar surface area (TPSA) is 54.5 Å². The van der Waals surface area contributed by atoms with Crippen molar-refractivity contribution in [1.29, 1.82) is 0 Å². The Hall–Kier alpha value is -2.32. The summed E-state index contributed by atoms with van der Waals surface area (Å²) in [6, 6.07) is 6.73. The van der Waals surface area contributed by atoms with Gasteiger partial charge in [-0.2, -0.15) is 13.2 Å². The summed E-state index contributed by atoms with van der Waals surface area (Å²) in [6.45, 7) is 0.728. The molecule has 162 valence electrons. The van der Waals surface area contributed by atoms with Crippen LogP contribution in [0.5, 0.6) is 5.75 Å². The average molecular weight is 442 g/mol. The molecule has 2 atom stereocenters. The van der Waals surface area contributed by atoms with Gasteiger partial charge in [0.05, 0.1) is 30.6 Å². The van der Waals surface area contributed by atoms with Gasteiger partial charge in [0, 0.05) is 19.2 Å². The molecule has 30 heavy (non-hydrogen) atoms. The van der Waals surface area contributed by atoms with Gasteiger partial charge in [0.15, 0.2) is 0 Å². The highest BCUT2D eigenvalue weighted by Gasteiger charge is 2.50. The molecule has 9 heteroatoms. The summed E-state index contributed by atoms with van der Waals surface area (Å²) in [5, 5.41) is 3.46. The first-order valence-electron chi connectivity index (χ1n) is 9.48. The fourth-order valence-corrected chi connectivity index (χ4v) is 4.27. The minimum absolute atomic E-state index is 0. The molecule has 2 aromatic rings. The monoisotopic (exact) mass is 441 g/mol. The van der Waals surface area contributed by atoms with Crippen LogP contribution in [0.25, 0.3) is 11.1 Å². The molecular weight excluding hydrogens is 419 g/mol. The van der Waals surface area contributed by atoms with Crippen molar-refractivity contribution in [3.63, 3.8) is 0 Å². The fraction of sp³-hybridized carbons (Fsp3) is 0.429. The number of likely N-dealkylation sites (N-methyl/N-ethyl adjacent to an activating group) is 1. The predicted molar refractivity (Wildman–Crippen MR) is 109 cm³/mol. The van der Waals surface area contributed by atoms with E-state index in [-0.39, 0.29) is 24.4 Å². The van der Waals surface area contributed by atoms with E-state index < -0.39 is 17.3 Å². The number of alkyl halides is 3. The van der Waals surface area contributed by atoms with Crippen LogP contribution in [0.3, 0.4) is 0 Å². The van der Waals surface area contributed by atoms with Gasteiger partial charge in [-0.25, -0.2) is 0 Å². The minimum Gasteiger partial charge on any atom is -0.494 e. The SMILES string of the molecule is COc1cnc([C@H]2CC[C@]3(CCN(C)C3=O)N2)cc1-c1ccc(C(F)(F)F)cc1.Cl. The van der Waals surface area contributed by atoms with E-state index in [0.29, 0.717) is 16.9 Å². The highest BCUT2D eigenvalue weighted by Crippen LogP contribution is 2.40. The number of halogens is 4. The summed E-state index contributed by atoms with van der Waals surface area (Å²) in [5.41, 5.74) is 0.805. The first-order chi connectivity index (χ1) is 13.7. The third-order valence-electron chi connectivity index (χ3n) is 5.93. The number of ether oxygens (including phenoxy) is 1. The Labute approximate surface area is 179 Å². The van der Waals surface area contributed by atoms with Gasteiger partial charge in [-0.05, 0) is 43.0 Å². The molecule has 3 heterocycles. The van der Waals surface area contributed by atoms with Crippen molar-refractivity contribution < 1.29 is 22.7 Å². The Morgan fingerprint density at radius 1 is 1.23 bits per heavy atom. The number of carbonyl (C=O) groups excluding carboxylic acids is 1. The van der Waals surface area contributed by atoms with Gasteiger partial charge < -0.3 is 9.64 Å². The zero-order chi connectivity index (χ0) is 20.8. The van der Waals surface area contributed by atoms with Crippen molar-refractivity contribution in [3.05, 3.63) is 47.8 Å². The summed E-state index contributed by atoms with van der Waals surface area (Å²) in [5.74, 6) is 0.592. The van der Waals surface area contributed by atoms with Gasteiger partial charge in [-0.15, -0.1) is 12.4 Å². The zero-order valence-corrected chi connectivity index (χ0v) is 17.4. The second kappa shape index (κ2) is 8.07. The lowest BCUT2D eigenvalue weighted by molar-refractivity contribution is -0.137. The molecule has 1 amide bonds. The Kier molecular flexibility index (Phi) is 6.02. The number of hydrogen-bond donors (Lipinski definition) is 1. The van der Waals surface area contributed by atoms with E-state index in [0.717, 1.165) is 43.6 Å². The van der Waals surface area contributed by atoms with E-state index in [1.54, 1.807) is 18.1 Å². The number of pyridine rings is 1. The fourth-order valence-electron chi connectivity index (χ4n) is 4.27. The molecule has 2 saturated heterocycles. The van der Waals surface area contributed by atoms with Crippen molar-refractivity contribution in [2.75, 3.05) is 20.7 Å².